The molecule has 0 saturated heterocycles. The molecule has 18 heavy (non-hydrogen) atoms. The van der Waals surface area contributed by atoms with Crippen LogP contribution >= 0.6 is 0 Å². The minimum Gasteiger partial charge on any atom is -0.493 e. The molecule has 1 aromatic carbocycles. The van der Waals surface area contributed by atoms with Gasteiger partial charge in [-0.2, -0.15) is 4.98 Å². The summed E-state index contributed by atoms with van der Waals surface area (Å²) >= 11 is 0. The first-order chi connectivity index (χ1) is 8.47. The Labute approximate surface area is 101 Å². The Kier molecular flexibility index (Phi) is 3.10. The van der Waals surface area contributed by atoms with Gasteiger partial charge in [-0.1, -0.05) is 6.07 Å². The fourth-order valence-electron chi connectivity index (χ4n) is 1.50. The van der Waals surface area contributed by atoms with Crippen molar-refractivity contribution in [2.45, 2.75) is 13.3 Å². The summed E-state index contributed by atoms with van der Waals surface area (Å²) in [5.41, 5.74) is -0.207. The van der Waals surface area contributed by atoms with Gasteiger partial charge in [0.2, 0.25) is 5.88 Å². The molecule has 0 aliphatic rings. The molecule has 0 aliphatic carbocycles. The van der Waals surface area contributed by atoms with E-state index < -0.39 is 23.1 Å². The third kappa shape index (κ3) is 2.37. The van der Waals surface area contributed by atoms with E-state index in [0.29, 0.717) is 0 Å². The predicted octanol–water partition coefficient (Wildman–Crippen LogP) is 1.65. The molecule has 4 nitrogen and oxygen atoms in total. The average molecular weight is 252 g/mol. The maximum Gasteiger partial charge on any atom is 0.257 e. The van der Waals surface area contributed by atoms with Gasteiger partial charge in [-0.15, -0.1) is 0 Å². The molecule has 0 aliphatic heterocycles. The van der Waals surface area contributed by atoms with Crippen molar-refractivity contribution in [3.8, 4) is 5.88 Å². The van der Waals surface area contributed by atoms with E-state index in [1.165, 1.54) is 13.0 Å². The Hall–Kier alpha value is -2.24. The third-order valence-electron chi connectivity index (χ3n) is 2.55. The Morgan fingerprint density at radius 2 is 2.11 bits per heavy atom. The van der Waals surface area contributed by atoms with Crippen LogP contribution in [0.3, 0.4) is 0 Å². The van der Waals surface area contributed by atoms with Gasteiger partial charge in [0.15, 0.2) is 0 Å². The molecule has 0 spiro atoms. The van der Waals surface area contributed by atoms with Crippen molar-refractivity contribution in [1.29, 1.82) is 0 Å². The van der Waals surface area contributed by atoms with Crippen LogP contribution in [0.4, 0.5) is 8.78 Å². The zero-order valence-corrected chi connectivity index (χ0v) is 9.50. The van der Waals surface area contributed by atoms with E-state index in [4.69, 9.17) is 0 Å². The van der Waals surface area contributed by atoms with Gasteiger partial charge >= 0.3 is 0 Å². The van der Waals surface area contributed by atoms with Crippen molar-refractivity contribution in [2.24, 2.45) is 0 Å². The first kappa shape index (κ1) is 12.2. The lowest BCUT2D eigenvalue weighted by Crippen LogP contribution is -2.14. The summed E-state index contributed by atoms with van der Waals surface area (Å²) in [5, 5.41) is 9.39. The number of aromatic amines is 1. The molecule has 0 atom stereocenters. The molecule has 0 bridgehead atoms. The number of nitrogens with one attached hydrogen (secondary N) is 1. The van der Waals surface area contributed by atoms with E-state index in [9.17, 15) is 18.7 Å². The molecular weight excluding hydrogens is 242 g/mol. The van der Waals surface area contributed by atoms with E-state index in [2.05, 4.69) is 9.97 Å². The molecule has 6 heteroatoms. The summed E-state index contributed by atoms with van der Waals surface area (Å²) in [4.78, 5) is 17.5. The van der Waals surface area contributed by atoms with E-state index in [1.54, 1.807) is 0 Å². The predicted molar refractivity (Wildman–Crippen MR) is 60.4 cm³/mol. The highest BCUT2D eigenvalue weighted by Crippen LogP contribution is 2.14. The highest BCUT2D eigenvalue weighted by molar-refractivity contribution is 5.25. The lowest BCUT2D eigenvalue weighted by Gasteiger charge is -2.04. The van der Waals surface area contributed by atoms with Crippen molar-refractivity contribution < 1.29 is 13.9 Å². The average Bonchev–Trinajstić information content (AvgIpc) is 2.29. The number of halogens is 2. The van der Waals surface area contributed by atoms with Crippen molar-refractivity contribution in [2.75, 3.05) is 0 Å². The maximum absolute atomic E-state index is 13.4. The molecule has 0 unspecified atom stereocenters. The fraction of sp³-hybridized carbons (Fsp3) is 0.167. The van der Waals surface area contributed by atoms with E-state index >= 15 is 0 Å². The number of hydrogen-bond acceptors (Lipinski definition) is 3. The van der Waals surface area contributed by atoms with Crippen LogP contribution in [0, 0.1) is 18.6 Å². The standard InChI is InChI=1S/C12H10F2N2O2/c1-6-11(17)15-10(16-12(6)18)4-7-2-3-8(13)5-9(7)14/h2-3,5H,4H2,1H3,(H2,15,16,17,18). The summed E-state index contributed by atoms with van der Waals surface area (Å²) in [6, 6.07) is 3.13. The van der Waals surface area contributed by atoms with Gasteiger partial charge in [-0.25, -0.2) is 8.78 Å². The molecule has 0 radical (unpaired) electrons. The van der Waals surface area contributed by atoms with Crippen molar-refractivity contribution in [3.05, 3.63) is 57.1 Å². The van der Waals surface area contributed by atoms with Crippen molar-refractivity contribution >= 4 is 0 Å². The van der Waals surface area contributed by atoms with Crippen LogP contribution < -0.4 is 5.56 Å². The third-order valence-corrected chi connectivity index (χ3v) is 2.55. The zero-order chi connectivity index (χ0) is 13.3. The van der Waals surface area contributed by atoms with Crippen LogP contribution in [-0.4, -0.2) is 15.1 Å². The van der Waals surface area contributed by atoms with Crippen LogP contribution in [0.25, 0.3) is 0 Å². The van der Waals surface area contributed by atoms with Gasteiger partial charge in [-0.05, 0) is 18.6 Å². The van der Waals surface area contributed by atoms with Gasteiger partial charge in [0.05, 0.1) is 5.56 Å². The minimum absolute atomic E-state index is 0.0325. The van der Waals surface area contributed by atoms with Gasteiger partial charge in [0, 0.05) is 12.5 Å². The maximum atomic E-state index is 13.4. The lowest BCUT2D eigenvalue weighted by molar-refractivity contribution is 0.443. The van der Waals surface area contributed by atoms with Crippen LogP contribution in [-0.2, 0) is 6.42 Å². The number of hydrogen-bond donors (Lipinski definition) is 2. The van der Waals surface area contributed by atoms with Crippen LogP contribution in [0.5, 0.6) is 5.88 Å². The van der Waals surface area contributed by atoms with Crippen LogP contribution in [0.2, 0.25) is 0 Å². The Morgan fingerprint density at radius 3 is 2.72 bits per heavy atom. The SMILES string of the molecule is Cc1c(O)nc(Cc2ccc(F)cc2F)[nH]c1=O. The van der Waals surface area contributed by atoms with Crippen molar-refractivity contribution in [1.82, 2.24) is 9.97 Å². The molecular formula is C12H10F2N2O2. The van der Waals surface area contributed by atoms with Crippen LogP contribution in [0.1, 0.15) is 17.0 Å². The second kappa shape index (κ2) is 4.56. The van der Waals surface area contributed by atoms with Gasteiger partial charge in [0.25, 0.3) is 5.56 Å². The number of aromatic hydroxyl groups is 1. The lowest BCUT2D eigenvalue weighted by atomic mass is 10.1. The Balaban J connectivity index is 2.37. The van der Waals surface area contributed by atoms with Crippen molar-refractivity contribution in [3.63, 3.8) is 0 Å². The molecule has 94 valence electrons. The number of aromatic nitrogens is 2. The first-order valence-corrected chi connectivity index (χ1v) is 5.20. The molecule has 0 fully saturated rings. The Morgan fingerprint density at radius 1 is 1.39 bits per heavy atom. The quantitative estimate of drug-likeness (QED) is 0.854. The number of rotatable bonds is 2. The van der Waals surface area contributed by atoms with Gasteiger partial charge in [0.1, 0.15) is 17.5 Å². The molecule has 2 N–H and O–H groups in total. The second-order valence-electron chi connectivity index (χ2n) is 3.87. The fourth-order valence-corrected chi connectivity index (χ4v) is 1.50. The summed E-state index contributed by atoms with van der Waals surface area (Å²) in [6.45, 7) is 1.42. The smallest absolute Gasteiger partial charge is 0.257 e. The monoisotopic (exact) mass is 252 g/mol. The summed E-state index contributed by atoms with van der Waals surface area (Å²) in [6.07, 6.45) is -0.0325. The van der Waals surface area contributed by atoms with E-state index in [-0.39, 0.29) is 23.4 Å². The summed E-state index contributed by atoms with van der Waals surface area (Å²) in [5.74, 6) is -1.67. The molecule has 0 saturated carbocycles. The normalized spacial score (nSPS) is 10.6. The molecule has 0 amide bonds. The highest BCUT2D eigenvalue weighted by Gasteiger charge is 2.09. The highest BCUT2D eigenvalue weighted by atomic mass is 19.1. The molecule has 1 heterocycles. The zero-order valence-electron chi connectivity index (χ0n) is 9.50. The number of H-pyrrole nitrogens is 1. The summed E-state index contributed by atoms with van der Waals surface area (Å²) in [7, 11) is 0. The first-order valence-electron chi connectivity index (χ1n) is 5.20. The minimum atomic E-state index is -0.724. The summed E-state index contributed by atoms with van der Waals surface area (Å²) < 4.78 is 26.1. The van der Waals surface area contributed by atoms with E-state index in [0.717, 1.165) is 12.1 Å². The van der Waals surface area contributed by atoms with Crippen LogP contribution in [0.15, 0.2) is 23.0 Å². The van der Waals surface area contributed by atoms with E-state index in [1.807, 2.05) is 0 Å². The largest absolute Gasteiger partial charge is 0.493 e. The molecule has 1 aromatic heterocycles. The molecule has 2 rings (SSSR count). The number of nitrogens with zero attached hydrogens (tertiary/aromatic N) is 1. The topological polar surface area (TPSA) is 66.0 Å². The number of benzene rings is 1. The molecule has 2 aromatic rings. The Bertz CT molecular complexity index is 653. The van der Waals surface area contributed by atoms with Gasteiger partial charge < -0.3 is 10.1 Å². The van der Waals surface area contributed by atoms with Gasteiger partial charge in [-0.3, -0.25) is 4.79 Å². The second-order valence-corrected chi connectivity index (χ2v) is 3.87.